The highest BCUT2D eigenvalue weighted by atomic mass is 16.5. The van der Waals surface area contributed by atoms with Crippen LogP contribution >= 0.6 is 0 Å². The van der Waals surface area contributed by atoms with Gasteiger partial charge in [-0.3, -0.25) is 0 Å². The van der Waals surface area contributed by atoms with Crippen LogP contribution in [0.1, 0.15) is 13.8 Å². The highest BCUT2D eigenvalue weighted by molar-refractivity contribution is 5.34. The predicted octanol–water partition coefficient (Wildman–Crippen LogP) is 1.97. The molecule has 0 fully saturated rings. The molecular formula is C11H15NO. The first-order chi connectivity index (χ1) is 6.17. The van der Waals surface area contributed by atoms with Gasteiger partial charge in [0.2, 0.25) is 0 Å². The van der Waals surface area contributed by atoms with E-state index in [-0.39, 0.29) is 5.41 Å². The maximum absolute atomic E-state index is 5.53. The fourth-order valence-electron chi connectivity index (χ4n) is 1.43. The van der Waals surface area contributed by atoms with Crippen LogP contribution in [0.15, 0.2) is 35.8 Å². The van der Waals surface area contributed by atoms with Crippen molar-refractivity contribution in [3.05, 3.63) is 35.8 Å². The summed E-state index contributed by atoms with van der Waals surface area (Å²) in [5.41, 5.74) is 1.23. The molecular weight excluding hydrogens is 162 g/mol. The molecule has 70 valence electrons. The first-order valence-electron chi connectivity index (χ1n) is 4.67. The van der Waals surface area contributed by atoms with E-state index in [0.717, 1.165) is 24.6 Å². The summed E-state index contributed by atoms with van der Waals surface area (Å²) in [6.45, 7) is 6.02. The van der Waals surface area contributed by atoms with Crippen LogP contribution in [-0.2, 0) is 4.74 Å². The Bertz CT molecular complexity index is 269. The fraction of sp³-hybridized carbons (Fsp3) is 0.455. The minimum absolute atomic E-state index is 0.127. The minimum Gasteiger partial charge on any atom is -0.490 e. The van der Waals surface area contributed by atoms with Crippen molar-refractivity contribution < 1.29 is 4.74 Å². The molecule has 0 aromatic carbocycles. The van der Waals surface area contributed by atoms with Crippen molar-refractivity contribution in [1.82, 2.24) is 5.32 Å². The summed E-state index contributed by atoms with van der Waals surface area (Å²) in [7, 11) is 0. The second-order valence-electron chi connectivity index (χ2n) is 4.04. The van der Waals surface area contributed by atoms with Crippen LogP contribution in [0, 0.1) is 5.41 Å². The molecule has 0 saturated heterocycles. The first kappa shape index (κ1) is 8.42. The van der Waals surface area contributed by atoms with Gasteiger partial charge < -0.3 is 10.1 Å². The SMILES string of the molecule is CC1(C)C=CC2=C(C=C1)OCCN2. The Kier molecular flexibility index (Phi) is 1.91. The van der Waals surface area contributed by atoms with E-state index < -0.39 is 0 Å². The van der Waals surface area contributed by atoms with Gasteiger partial charge in [0.1, 0.15) is 12.4 Å². The normalized spacial score (nSPS) is 24.5. The largest absolute Gasteiger partial charge is 0.490 e. The number of rotatable bonds is 0. The molecule has 1 aliphatic carbocycles. The van der Waals surface area contributed by atoms with E-state index in [1.165, 1.54) is 0 Å². The highest BCUT2D eigenvalue weighted by Crippen LogP contribution is 2.25. The topological polar surface area (TPSA) is 21.3 Å². The van der Waals surface area contributed by atoms with Crippen LogP contribution in [0.2, 0.25) is 0 Å². The van der Waals surface area contributed by atoms with E-state index >= 15 is 0 Å². The van der Waals surface area contributed by atoms with Crippen molar-refractivity contribution in [2.45, 2.75) is 13.8 Å². The average molecular weight is 177 g/mol. The quantitative estimate of drug-likeness (QED) is 0.610. The molecule has 0 atom stereocenters. The second kappa shape index (κ2) is 2.95. The van der Waals surface area contributed by atoms with Gasteiger partial charge in [0.05, 0.1) is 5.70 Å². The van der Waals surface area contributed by atoms with Crippen molar-refractivity contribution in [1.29, 1.82) is 0 Å². The highest BCUT2D eigenvalue weighted by Gasteiger charge is 2.16. The predicted molar refractivity (Wildman–Crippen MR) is 53.0 cm³/mol. The summed E-state index contributed by atoms with van der Waals surface area (Å²) in [6, 6.07) is 0. The van der Waals surface area contributed by atoms with Crippen molar-refractivity contribution in [2.24, 2.45) is 5.41 Å². The van der Waals surface area contributed by atoms with Crippen LogP contribution in [0.4, 0.5) is 0 Å². The van der Waals surface area contributed by atoms with Gasteiger partial charge in [-0.25, -0.2) is 0 Å². The van der Waals surface area contributed by atoms with Crippen LogP contribution in [0.25, 0.3) is 0 Å². The molecule has 1 N–H and O–H groups in total. The Morgan fingerprint density at radius 2 is 2.08 bits per heavy atom. The van der Waals surface area contributed by atoms with E-state index in [1.54, 1.807) is 0 Å². The zero-order chi connectivity index (χ0) is 9.31. The van der Waals surface area contributed by atoms with E-state index in [0.29, 0.717) is 0 Å². The number of allylic oxidation sites excluding steroid dienone is 4. The summed E-state index contributed by atoms with van der Waals surface area (Å²) in [4.78, 5) is 0. The van der Waals surface area contributed by atoms with E-state index in [2.05, 4.69) is 43.5 Å². The van der Waals surface area contributed by atoms with E-state index in [9.17, 15) is 0 Å². The maximum atomic E-state index is 5.53. The second-order valence-corrected chi connectivity index (χ2v) is 4.04. The number of hydrogen-bond donors (Lipinski definition) is 1. The molecule has 0 spiro atoms. The van der Waals surface area contributed by atoms with E-state index in [1.807, 2.05) is 0 Å². The molecule has 0 radical (unpaired) electrons. The zero-order valence-electron chi connectivity index (χ0n) is 8.13. The minimum atomic E-state index is 0.127. The van der Waals surface area contributed by atoms with Crippen LogP contribution in [0.3, 0.4) is 0 Å². The Hall–Kier alpha value is -1.18. The van der Waals surface area contributed by atoms with Gasteiger partial charge in [0.15, 0.2) is 0 Å². The average Bonchev–Trinajstić information content (AvgIpc) is 2.27. The molecule has 13 heavy (non-hydrogen) atoms. The van der Waals surface area contributed by atoms with Gasteiger partial charge in [0.25, 0.3) is 0 Å². The Balaban J connectivity index is 2.32. The van der Waals surface area contributed by atoms with Crippen LogP contribution in [-0.4, -0.2) is 13.2 Å². The summed E-state index contributed by atoms with van der Waals surface area (Å²) in [5, 5.41) is 3.32. The third kappa shape index (κ3) is 1.77. The Labute approximate surface area is 79.0 Å². The Morgan fingerprint density at radius 3 is 2.92 bits per heavy atom. The van der Waals surface area contributed by atoms with E-state index in [4.69, 9.17) is 4.74 Å². The molecule has 2 nitrogen and oxygen atoms in total. The lowest BCUT2D eigenvalue weighted by atomic mass is 9.93. The van der Waals surface area contributed by atoms with Gasteiger partial charge in [-0.05, 0) is 12.2 Å². The Morgan fingerprint density at radius 1 is 1.31 bits per heavy atom. The molecule has 0 bridgehead atoms. The molecule has 2 rings (SSSR count). The summed E-state index contributed by atoms with van der Waals surface area (Å²) in [6.07, 6.45) is 8.52. The van der Waals surface area contributed by atoms with Crippen molar-refractivity contribution >= 4 is 0 Å². The molecule has 0 unspecified atom stereocenters. The molecule has 2 aliphatic rings. The molecule has 1 aliphatic heterocycles. The standard InChI is InChI=1S/C11H15NO/c1-11(2)5-3-9-10(4-6-11)13-8-7-12-9/h3-6,12H,7-8H2,1-2H3. The third-order valence-corrected chi connectivity index (χ3v) is 2.28. The lowest BCUT2D eigenvalue weighted by Gasteiger charge is -2.18. The van der Waals surface area contributed by atoms with Crippen LogP contribution < -0.4 is 5.32 Å². The molecule has 0 aromatic rings. The maximum Gasteiger partial charge on any atom is 0.142 e. The number of ether oxygens (including phenoxy) is 1. The molecule has 2 heteroatoms. The molecule has 1 heterocycles. The van der Waals surface area contributed by atoms with Gasteiger partial charge >= 0.3 is 0 Å². The lowest BCUT2D eigenvalue weighted by Crippen LogP contribution is -2.24. The first-order valence-corrected chi connectivity index (χ1v) is 4.67. The van der Waals surface area contributed by atoms with Crippen LogP contribution in [0.5, 0.6) is 0 Å². The fourth-order valence-corrected chi connectivity index (χ4v) is 1.43. The lowest BCUT2D eigenvalue weighted by molar-refractivity contribution is 0.206. The smallest absolute Gasteiger partial charge is 0.142 e. The zero-order valence-corrected chi connectivity index (χ0v) is 8.13. The molecule has 0 amide bonds. The van der Waals surface area contributed by atoms with Crippen molar-refractivity contribution in [3.63, 3.8) is 0 Å². The third-order valence-electron chi connectivity index (χ3n) is 2.28. The monoisotopic (exact) mass is 177 g/mol. The van der Waals surface area contributed by atoms with Crippen molar-refractivity contribution in [3.8, 4) is 0 Å². The van der Waals surface area contributed by atoms with Crippen molar-refractivity contribution in [2.75, 3.05) is 13.2 Å². The molecule has 0 aromatic heterocycles. The van der Waals surface area contributed by atoms with Gasteiger partial charge in [0, 0.05) is 12.0 Å². The molecule has 0 saturated carbocycles. The van der Waals surface area contributed by atoms with Gasteiger partial charge in [-0.1, -0.05) is 26.0 Å². The van der Waals surface area contributed by atoms with Gasteiger partial charge in [-0.15, -0.1) is 0 Å². The summed E-state index contributed by atoms with van der Waals surface area (Å²) >= 11 is 0. The summed E-state index contributed by atoms with van der Waals surface area (Å²) in [5.74, 6) is 0.966. The van der Waals surface area contributed by atoms with Gasteiger partial charge in [-0.2, -0.15) is 0 Å². The number of nitrogens with one attached hydrogen (secondary N) is 1. The number of hydrogen-bond acceptors (Lipinski definition) is 2. The summed E-state index contributed by atoms with van der Waals surface area (Å²) < 4.78 is 5.53.